The average Bonchev–Trinajstić information content (AvgIpc) is 2.31. The Balaban J connectivity index is 0. The molecular weight excluding hydrogens is 246 g/mol. The van der Waals surface area contributed by atoms with Gasteiger partial charge in [0, 0.05) is 13.1 Å². The van der Waals surface area contributed by atoms with Crippen molar-refractivity contribution in [3.63, 3.8) is 0 Å². The van der Waals surface area contributed by atoms with Crippen LogP contribution >= 0.6 is 24.0 Å². The second-order valence-corrected chi connectivity index (χ2v) is 4.79. The fourth-order valence-electron chi connectivity index (χ4n) is 0.754. The first kappa shape index (κ1) is 18.5. The highest BCUT2D eigenvalue weighted by atomic mass is 32.2. The normalized spacial score (nSPS) is 9.69. The molecule has 16 heavy (non-hydrogen) atoms. The van der Waals surface area contributed by atoms with E-state index in [4.69, 9.17) is 27.5 Å². The van der Waals surface area contributed by atoms with Crippen molar-refractivity contribution in [3.8, 4) is 0 Å². The van der Waals surface area contributed by atoms with Gasteiger partial charge in [-0.3, -0.25) is 0 Å². The van der Waals surface area contributed by atoms with E-state index in [1.807, 2.05) is 0 Å². The number of aliphatic hydroxyl groups excluding tert-OH is 3. The molecule has 0 spiro atoms. The molecule has 0 saturated carbocycles. The van der Waals surface area contributed by atoms with Crippen molar-refractivity contribution in [2.24, 2.45) is 0 Å². The Kier molecular flexibility index (Phi) is 15.2. The number of aliphatic hydroxyl groups is 3. The molecule has 0 unspecified atom stereocenters. The largest absolute Gasteiger partial charge is 0.394 e. The molecule has 0 saturated heterocycles. The average molecular weight is 269 g/mol. The predicted octanol–water partition coefficient (Wildman–Crippen LogP) is 0.698. The monoisotopic (exact) mass is 269 g/mol. The van der Waals surface area contributed by atoms with E-state index in [1.54, 1.807) is 11.8 Å². The highest BCUT2D eigenvalue weighted by molar-refractivity contribution is 8.22. The smallest absolute Gasteiger partial charge is 0.136 e. The summed E-state index contributed by atoms with van der Waals surface area (Å²) in [6.45, 7) is 7.72. The van der Waals surface area contributed by atoms with Crippen LogP contribution in [0.1, 0.15) is 20.8 Å². The lowest BCUT2D eigenvalue weighted by molar-refractivity contribution is 0.0450. The van der Waals surface area contributed by atoms with Gasteiger partial charge in [0.15, 0.2) is 0 Å². The van der Waals surface area contributed by atoms with Gasteiger partial charge < -0.3 is 20.2 Å². The Morgan fingerprint density at radius 3 is 1.81 bits per heavy atom. The lowest BCUT2D eigenvalue weighted by atomic mass is 10.4. The molecule has 6 heteroatoms. The van der Waals surface area contributed by atoms with E-state index in [0.29, 0.717) is 0 Å². The molecule has 0 atom stereocenters. The Morgan fingerprint density at radius 2 is 1.62 bits per heavy atom. The van der Waals surface area contributed by atoms with Crippen molar-refractivity contribution in [3.05, 3.63) is 0 Å². The zero-order valence-corrected chi connectivity index (χ0v) is 11.9. The Morgan fingerprint density at radius 1 is 1.19 bits per heavy atom. The molecule has 0 rings (SSSR count). The van der Waals surface area contributed by atoms with Crippen molar-refractivity contribution in [1.29, 1.82) is 0 Å². The third-order valence-electron chi connectivity index (χ3n) is 1.71. The van der Waals surface area contributed by atoms with Crippen LogP contribution in [0.4, 0.5) is 0 Å². The molecule has 0 bridgehead atoms. The highest BCUT2D eigenvalue weighted by Crippen LogP contribution is 2.07. The van der Waals surface area contributed by atoms with Gasteiger partial charge in [0.25, 0.3) is 0 Å². The fourth-order valence-corrected chi connectivity index (χ4v) is 2.05. The minimum Gasteiger partial charge on any atom is -0.394 e. The van der Waals surface area contributed by atoms with Crippen LogP contribution < -0.4 is 0 Å². The van der Waals surface area contributed by atoms with E-state index in [1.165, 1.54) is 0 Å². The van der Waals surface area contributed by atoms with Gasteiger partial charge in [0.2, 0.25) is 0 Å². The number of nitrogens with zero attached hydrogens (tertiary/aromatic N) is 1. The number of hydrogen-bond acceptors (Lipinski definition) is 5. The molecule has 0 aliphatic heterocycles. The van der Waals surface area contributed by atoms with Gasteiger partial charge in [-0.15, -0.1) is 0 Å². The van der Waals surface area contributed by atoms with Gasteiger partial charge in [-0.1, -0.05) is 30.9 Å². The third kappa shape index (κ3) is 10.6. The van der Waals surface area contributed by atoms with Crippen molar-refractivity contribution in [1.82, 2.24) is 4.90 Å². The first-order valence-electron chi connectivity index (χ1n) is 5.38. The van der Waals surface area contributed by atoms with Gasteiger partial charge in [0.1, 0.15) is 10.4 Å². The molecular formula is C10H23NO3S2. The maximum Gasteiger partial charge on any atom is 0.136 e. The summed E-state index contributed by atoms with van der Waals surface area (Å²) >= 11 is 6.91. The van der Waals surface area contributed by atoms with Crippen LogP contribution in [0.3, 0.4) is 0 Å². The van der Waals surface area contributed by atoms with Crippen LogP contribution in [-0.2, 0) is 0 Å². The van der Waals surface area contributed by atoms with Crippen molar-refractivity contribution in [2.45, 2.75) is 26.9 Å². The zero-order chi connectivity index (χ0) is 13.0. The quantitative estimate of drug-likeness (QED) is 0.639. The summed E-state index contributed by atoms with van der Waals surface area (Å²) in [6, 6.07) is 0. The summed E-state index contributed by atoms with van der Waals surface area (Å²) in [6.07, 6.45) is -0.954. The van der Waals surface area contributed by atoms with Gasteiger partial charge in [-0.05, 0) is 19.6 Å². The topological polar surface area (TPSA) is 63.9 Å². The third-order valence-corrected chi connectivity index (χ3v) is 3.12. The van der Waals surface area contributed by atoms with Crippen LogP contribution in [0.25, 0.3) is 0 Å². The number of hydrogen-bond donors (Lipinski definition) is 3. The van der Waals surface area contributed by atoms with Crippen LogP contribution in [0.2, 0.25) is 0 Å². The first-order chi connectivity index (χ1) is 7.56. The predicted molar refractivity (Wildman–Crippen MR) is 73.8 cm³/mol. The van der Waals surface area contributed by atoms with E-state index >= 15 is 0 Å². The molecule has 3 N–H and O–H groups in total. The van der Waals surface area contributed by atoms with E-state index < -0.39 is 6.10 Å². The minimum atomic E-state index is -0.954. The zero-order valence-electron chi connectivity index (χ0n) is 10.2. The second-order valence-electron chi connectivity index (χ2n) is 2.89. The Hall–Kier alpha value is 0.120. The van der Waals surface area contributed by atoms with Crippen molar-refractivity contribution in [2.75, 3.05) is 32.1 Å². The molecule has 0 aliphatic carbocycles. The minimum absolute atomic E-state index is 0.365. The van der Waals surface area contributed by atoms with Crippen molar-refractivity contribution < 1.29 is 15.3 Å². The van der Waals surface area contributed by atoms with Gasteiger partial charge in [0.05, 0.1) is 13.2 Å². The Bertz CT molecular complexity index is 162. The summed E-state index contributed by atoms with van der Waals surface area (Å²) in [5, 5.41) is 24.0. The maximum atomic E-state index is 8.17. The molecule has 0 aromatic rings. The molecule has 98 valence electrons. The van der Waals surface area contributed by atoms with E-state index in [0.717, 1.165) is 23.2 Å². The lowest BCUT2D eigenvalue weighted by Gasteiger charge is -2.20. The molecule has 0 radical (unpaired) electrons. The van der Waals surface area contributed by atoms with E-state index in [-0.39, 0.29) is 13.2 Å². The molecule has 0 aliphatic rings. The van der Waals surface area contributed by atoms with Crippen LogP contribution in [-0.4, -0.2) is 62.7 Å². The molecule has 0 amide bonds. The number of thiocarbonyl (C=S) groups is 1. The number of rotatable bonds is 5. The summed E-state index contributed by atoms with van der Waals surface area (Å²) < 4.78 is 1.03. The summed E-state index contributed by atoms with van der Waals surface area (Å²) in [5.74, 6) is 1.08. The molecule has 0 aromatic carbocycles. The SMILES string of the molecule is CCSC(=S)N(CC)CC.OCC(O)CO. The van der Waals surface area contributed by atoms with Crippen molar-refractivity contribution >= 4 is 28.3 Å². The molecule has 4 nitrogen and oxygen atoms in total. The standard InChI is InChI=1S/C7H15NS2.C3H8O3/c1-4-8(5-2)7(9)10-6-3;4-1-3(6)2-5/h4-6H2,1-3H3;3-6H,1-2H2. The van der Waals surface area contributed by atoms with Gasteiger partial charge >= 0.3 is 0 Å². The second kappa shape index (κ2) is 13.2. The highest BCUT2D eigenvalue weighted by Gasteiger charge is 2.02. The van der Waals surface area contributed by atoms with Crippen LogP contribution in [0.15, 0.2) is 0 Å². The first-order valence-corrected chi connectivity index (χ1v) is 6.78. The maximum absolute atomic E-state index is 8.17. The van der Waals surface area contributed by atoms with Gasteiger partial charge in [-0.25, -0.2) is 0 Å². The molecule has 0 aromatic heterocycles. The summed E-state index contributed by atoms with van der Waals surface area (Å²) in [7, 11) is 0. The Labute approximate surface area is 108 Å². The van der Waals surface area contributed by atoms with Crippen LogP contribution in [0.5, 0.6) is 0 Å². The van der Waals surface area contributed by atoms with E-state index in [9.17, 15) is 0 Å². The van der Waals surface area contributed by atoms with Gasteiger partial charge in [-0.2, -0.15) is 0 Å². The van der Waals surface area contributed by atoms with Crippen LogP contribution in [0, 0.1) is 0 Å². The molecule has 0 heterocycles. The summed E-state index contributed by atoms with van der Waals surface area (Å²) in [4.78, 5) is 2.20. The van der Waals surface area contributed by atoms with E-state index in [2.05, 4.69) is 25.7 Å². The number of thioether (sulfide) groups is 1. The lowest BCUT2D eigenvalue weighted by Crippen LogP contribution is -2.26. The summed E-state index contributed by atoms with van der Waals surface area (Å²) in [5.41, 5.74) is 0. The molecule has 0 fully saturated rings. The fraction of sp³-hybridized carbons (Fsp3) is 0.900.